The average molecular weight is 811 g/mol. The molecule has 0 radical (unpaired) electrons. The third-order valence-electron chi connectivity index (χ3n) is 11.7. The Morgan fingerprint density at radius 1 is 0.983 bits per heavy atom. The maximum Gasteiger partial charge on any atom is 0.334 e. The van der Waals surface area contributed by atoms with E-state index in [0.717, 1.165) is 48.5 Å². The van der Waals surface area contributed by atoms with E-state index in [1.807, 2.05) is 57.2 Å². The molecule has 58 heavy (non-hydrogen) atoms. The van der Waals surface area contributed by atoms with Gasteiger partial charge in [-0.25, -0.2) is 4.79 Å². The van der Waals surface area contributed by atoms with Crippen LogP contribution in [0.15, 0.2) is 108 Å². The third kappa shape index (κ3) is 11.2. The standard InChI is InChI=1S/C46H62N4O7Si/c1-33(18-17-31-47-48-40-28-27-37(49(52)53)32-41(40)50(54)55)23-25-36-26-24-34(2)46(10,35(36)3)30-29-42(43(51)56-44(4,5)6)57-58(45(7,8)9,38-19-13-11-14-20-38)39-21-15-12-16-22-39/h11-16,19-23,27-28,31-32,34,36,42,48H,3,17-18,24-26,29-30H2,1-2,4-10H3/b33-23+,47-31-/t34-,36-,42-,46+/m0/s1. The van der Waals surface area contributed by atoms with Crippen molar-refractivity contribution in [3.8, 4) is 0 Å². The van der Waals surface area contributed by atoms with Crippen molar-refractivity contribution in [1.82, 2.24) is 0 Å². The van der Waals surface area contributed by atoms with Crippen LogP contribution in [0.1, 0.15) is 107 Å². The Morgan fingerprint density at radius 3 is 2.12 bits per heavy atom. The molecule has 1 N–H and O–H groups in total. The smallest absolute Gasteiger partial charge is 0.334 e. The van der Waals surface area contributed by atoms with Crippen molar-refractivity contribution in [3.63, 3.8) is 0 Å². The number of nitro groups is 2. The van der Waals surface area contributed by atoms with Gasteiger partial charge in [-0.1, -0.05) is 119 Å². The molecule has 12 heteroatoms. The number of hydrogen-bond donors (Lipinski definition) is 1. The van der Waals surface area contributed by atoms with Crippen LogP contribution in [-0.4, -0.2) is 42.1 Å². The number of carbonyl (C=O) groups excluding carboxylic acids is 1. The van der Waals surface area contributed by atoms with E-state index in [4.69, 9.17) is 15.7 Å². The van der Waals surface area contributed by atoms with Gasteiger partial charge < -0.3 is 9.16 Å². The van der Waals surface area contributed by atoms with Crippen LogP contribution in [-0.2, 0) is 14.0 Å². The highest BCUT2D eigenvalue weighted by Crippen LogP contribution is 2.51. The second kappa shape index (κ2) is 19.2. The molecule has 0 heterocycles. The first kappa shape index (κ1) is 45.8. The summed E-state index contributed by atoms with van der Waals surface area (Å²) in [6, 6.07) is 24.2. The number of nitro benzene ring substituents is 2. The number of hydrogen-bond acceptors (Lipinski definition) is 9. The molecule has 0 unspecified atom stereocenters. The van der Waals surface area contributed by atoms with Gasteiger partial charge >= 0.3 is 11.7 Å². The fraction of sp³-hybridized carbons (Fsp3) is 0.478. The first-order valence-electron chi connectivity index (χ1n) is 20.3. The van der Waals surface area contributed by atoms with Crippen LogP contribution in [0.5, 0.6) is 0 Å². The highest BCUT2D eigenvalue weighted by molar-refractivity contribution is 6.99. The van der Waals surface area contributed by atoms with Crippen molar-refractivity contribution >= 4 is 47.9 Å². The lowest BCUT2D eigenvalue weighted by molar-refractivity contribution is -0.393. The Morgan fingerprint density at radius 2 is 1.59 bits per heavy atom. The largest absolute Gasteiger partial charge is 0.458 e. The molecular weight excluding hydrogens is 749 g/mol. The summed E-state index contributed by atoms with van der Waals surface area (Å²) >= 11 is 0. The van der Waals surface area contributed by atoms with E-state index in [9.17, 15) is 25.0 Å². The second-order valence-corrected chi connectivity index (χ2v) is 22.2. The zero-order valence-corrected chi connectivity index (χ0v) is 36.7. The molecule has 0 aromatic heterocycles. The van der Waals surface area contributed by atoms with E-state index in [1.54, 1.807) is 6.21 Å². The lowest BCUT2D eigenvalue weighted by atomic mass is 9.59. The molecule has 0 spiro atoms. The first-order chi connectivity index (χ1) is 27.2. The van der Waals surface area contributed by atoms with Crippen LogP contribution >= 0.6 is 0 Å². The number of esters is 1. The number of carbonyl (C=O) groups is 1. The summed E-state index contributed by atoms with van der Waals surface area (Å²) in [6.45, 7) is 23.8. The lowest BCUT2D eigenvalue weighted by Gasteiger charge is -2.48. The summed E-state index contributed by atoms with van der Waals surface area (Å²) in [5, 5.41) is 28.5. The Bertz CT molecular complexity index is 1930. The molecule has 1 aliphatic rings. The molecule has 4 atom stereocenters. The van der Waals surface area contributed by atoms with Crippen LogP contribution < -0.4 is 15.8 Å². The minimum atomic E-state index is -3.07. The van der Waals surface area contributed by atoms with Gasteiger partial charge in [-0.05, 0) is 111 Å². The normalized spacial score (nSPS) is 19.8. The number of benzene rings is 3. The van der Waals surface area contributed by atoms with Gasteiger partial charge in [0.1, 0.15) is 17.4 Å². The van der Waals surface area contributed by atoms with Crippen LogP contribution in [0.4, 0.5) is 17.1 Å². The number of ether oxygens (including phenoxy) is 1. The number of anilines is 1. The Balaban J connectivity index is 1.50. The van der Waals surface area contributed by atoms with Gasteiger partial charge in [-0.3, -0.25) is 25.7 Å². The van der Waals surface area contributed by atoms with Crippen LogP contribution in [0.25, 0.3) is 0 Å². The fourth-order valence-corrected chi connectivity index (χ4v) is 12.8. The van der Waals surface area contributed by atoms with E-state index < -0.39 is 35.6 Å². The van der Waals surface area contributed by atoms with Gasteiger partial charge in [0.15, 0.2) is 0 Å². The SMILES string of the molecule is C=C1[C@@H](C/C=C(\C)CC/C=N\Nc2ccc([N+](=O)[O-])cc2[N+](=O)[O-])CC[C@H](C)[C@@]1(C)CC[C@H](O[Si](c1ccccc1)(c1ccccc1)C(C)(C)C)C(=O)OC(C)(C)C. The summed E-state index contributed by atoms with van der Waals surface area (Å²) < 4.78 is 13.6. The van der Waals surface area contributed by atoms with Crippen molar-refractivity contribution in [2.24, 2.45) is 22.4 Å². The summed E-state index contributed by atoms with van der Waals surface area (Å²) in [6.07, 6.45) is 8.65. The van der Waals surface area contributed by atoms with E-state index in [0.29, 0.717) is 18.8 Å². The third-order valence-corrected chi connectivity index (χ3v) is 16.7. The molecule has 11 nitrogen and oxygen atoms in total. The quantitative estimate of drug-likeness (QED) is 0.0354. The molecule has 0 aliphatic heterocycles. The summed E-state index contributed by atoms with van der Waals surface area (Å²) in [4.78, 5) is 35.4. The molecule has 0 amide bonds. The predicted octanol–water partition coefficient (Wildman–Crippen LogP) is 10.7. The fourth-order valence-electron chi connectivity index (χ4n) is 8.12. The van der Waals surface area contributed by atoms with Gasteiger partial charge in [0.2, 0.25) is 0 Å². The topological polar surface area (TPSA) is 146 Å². The Hall–Kier alpha value is -4.94. The number of non-ortho nitro benzene ring substituents is 1. The number of rotatable bonds is 17. The molecule has 3 aromatic carbocycles. The first-order valence-corrected chi connectivity index (χ1v) is 22.2. The maximum absolute atomic E-state index is 14.3. The van der Waals surface area contributed by atoms with Gasteiger partial charge in [0.05, 0.1) is 15.9 Å². The zero-order valence-electron chi connectivity index (χ0n) is 35.7. The molecule has 4 rings (SSSR count). The highest BCUT2D eigenvalue weighted by atomic mass is 28.4. The van der Waals surface area contributed by atoms with Crippen LogP contribution in [0.3, 0.4) is 0 Å². The maximum atomic E-state index is 14.3. The van der Waals surface area contributed by atoms with Crippen molar-refractivity contribution in [3.05, 3.63) is 123 Å². The van der Waals surface area contributed by atoms with Crippen LogP contribution in [0, 0.1) is 37.5 Å². The van der Waals surface area contributed by atoms with Crippen molar-refractivity contribution in [2.75, 3.05) is 5.43 Å². The van der Waals surface area contributed by atoms with Crippen molar-refractivity contribution in [1.29, 1.82) is 0 Å². The minimum Gasteiger partial charge on any atom is -0.458 e. The molecule has 1 fully saturated rings. The molecule has 0 bridgehead atoms. The number of nitrogens with one attached hydrogen (secondary N) is 1. The second-order valence-electron chi connectivity index (χ2n) is 17.9. The molecule has 312 valence electrons. The highest BCUT2D eigenvalue weighted by Gasteiger charge is 2.53. The van der Waals surface area contributed by atoms with Crippen LogP contribution in [0.2, 0.25) is 5.04 Å². The van der Waals surface area contributed by atoms with Gasteiger partial charge in [0, 0.05) is 12.3 Å². The van der Waals surface area contributed by atoms with Crippen molar-refractivity contribution < 1.29 is 23.8 Å². The van der Waals surface area contributed by atoms with E-state index >= 15 is 0 Å². The Labute approximate surface area is 345 Å². The average Bonchev–Trinajstić information content (AvgIpc) is 3.16. The number of allylic oxidation sites excluding steroid dienone is 3. The lowest BCUT2D eigenvalue weighted by Crippen LogP contribution is -2.68. The molecule has 1 saturated carbocycles. The Kier molecular flexibility index (Phi) is 15.2. The van der Waals surface area contributed by atoms with E-state index in [1.165, 1.54) is 23.3 Å². The minimum absolute atomic E-state index is 0.0826. The molecule has 0 saturated heterocycles. The summed E-state index contributed by atoms with van der Waals surface area (Å²) in [5.74, 6) is 0.313. The van der Waals surface area contributed by atoms with Gasteiger partial charge in [-0.2, -0.15) is 5.10 Å². The molecule has 3 aromatic rings. The van der Waals surface area contributed by atoms with Gasteiger partial charge in [0.25, 0.3) is 14.0 Å². The monoisotopic (exact) mass is 810 g/mol. The molecule has 1 aliphatic carbocycles. The number of hydrazone groups is 1. The summed E-state index contributed by atoms with van der Waals surface area (Å²) in [7, 11) is -3.07. The van der Waals surface area contributed by atoms with Gasteiger partial charge in [-0.15, -0.1) is 0 Å². The predicted molar refractivity (Wildman–Crippen MR) is 236 cm³/mol. The van der Waals surface area contributed by atoms with E-state index in [-0.39, 0.29) is 33.7 Å². The molecular formula is C46H62N4O7Si. The van der Waals surface area contributed by atoms with E-state index in [2.05, 4.69) is 82.4 Å². The van der Waals surface area contributed by atoms with Crippen molar-refractivity contribution in [2.45, 2.75) is 124 Å². The number of nitrogens with zero attached hydrogens (tertiary/aromatic N) is 3. The zero-order chi connectivity index (χ0) is 42.9. The summed E-state index contributed by atoms with van der Waals surface area (Å²) in [5.41, 5.74) is 3.46.